The number of hydrogen-bond donors (Lipinski definition) is 1. The molecule has 3 rings (SSSR count). The van der Waals surface area contributed by atoms with Crippen molar-refractivity contribution in [3.05, 3.63) is 16.1 Å². The number of hydrogen-bond acceptors (Lipinski definition) is 4. The Morgan fingerprint density at radius 2 is 2.20 bits per heavy atom. The minimum absolute atomic E-state index is 0.531. The molecule has 1 N–H and O–H groups in total. The molecule has 1 aliphatic heterocycles. The summed E-state index contributed by atoms with van der Waals surface area (Å²) in [6, 6.07) is 1.38. The highest BCUT2D eigenvalue weighted by molar-refractivity contribution is 7.09. The van der Waals surface area contributed by atoms with Crippen LogP contribution in [0.4, 0.5) is 0 Å². The number of fused-ring (bicyclic) bond motifs is 1. The second-order valence-electron chi connectivity index (χ2n) is 6.64. The van der Waals surface area contributed by atoms with Gasteiger partial charge in [-0.3, -0.25) is 4.90 Å². The molecule has 0 amide bonds. The first-order chi connectivity index (χ1) is 9.72. The minimum atomic E-state index is 0.531. The first-order valence-electron chi connectivity index (χ1n) is 8.13. The predicted molar refractivity (Wildman–Crippen MR) is 84.9 cm³/mol. The Morgan fingerprint density at radius 1 is 1.35 bits per heavy atom. The molecule has 0 bridgehead atoms. The van der Waals surface area contributed by atoms with Crippen LogP contribution < -0.4 is 5.32 Å². The van der Waals surface area contributed by atoms with Crippen LogP contribution in [-0.2, 0) is 13.1 Å². The molecule has 1 saturated carbocycles. The van der Waals surface area contributed by atoms with Gasteiger partial charge in [0.25, 0.3) is 0 Å². The highest BCUT2D eigenvalue weighted by Crippen LogP contribution is 2.37. The van der Waals surface area contributed by atoms with Gasteiger partial charge < -0.3 is 5.32 Å². The molecular weight excluding hydrogens is 266 g/mol. The molecule has 0 spiro atoms. The topological polar surface area (TPSA) is 28.2 Å². The van der Waals surface area contributed by atoms with Crippen LogP contribution in [0.2, 0.25) is 0 Å². The Morgan fingerprint density at radius 3 is 3.05 bits per heavy atom. The summed E-state index contributed by atoms with van der Waals surface area (Å²) in [4.78, 5) is 7.51. The molecule has 2 aliphatic rings. The Kier molecular flexibility index (Phi) is 4.74. The molecule has 1 aliphatic carbocycles. The molecule has 2 unspecified atom stereocenters. The summed E-state index contributed by atoms with van der Waals surface area (Å²) < 4.78 is 0. The molecule has 1 saturated heterocycles. The zero-order valence-corrected chi connectivity index (χ0v) is 13.6. The lowest BCUT2D eigenvalue weighted by atomic mass is 9.92. The minimum Gasteiger partial charge on any atom is -0.308 e. The molecule has 2 atom stereocenters. The van der Waals surface area contributed by atoms with Gasteiger partial charge in [0.1, 0.15) is 5.01 Å². The van der Waals surface area contributed by atoms with Crippen LogP contribution in [0.25, 0.3) is 0 Å². The zero-order chi connectivity index (χ0) is 13.9. The van der Waals surface area contributed by atoms with Crippen LogP contribution in [0.5, 0.6) is 0 Å². The van der Waals surface area contributed by atoms with Crippen LogP contribution >= 0.6 is 11.3 Å². The maximum atomic E-state index is 4.80. The molecule has 112 valence electrons. The lowest BCUT2D eigenvalue weighted by Gasteiger charge is -2.37. The predicted octanol–water partition coefficient (Wildman–Crippen LogP) is 3.41. The summed E-state index contributed by atoms with van der Waals surface area (Å²) in [6.07, 6.45) is 7.15. The van der Waals surface area contributed by atoms with E-state index in [9.17, 15) is 0 Å². The van der Waals surface area contributed by atoms with E-state index < -0.39 is 0 Å². The Hall–Kier alpha value is -0.450. The first kappa shape index (κ1) is 14.5. The van der Waals surface area contributed by atoms with E-state index in [0.29, 0.717) is 6.04 Å². The van der Waals surface area contributed by atoms with Crippen molar-refractivity contribution in [2.45, 2.75) is 71.1 Å². The number of piperidine rings is 1. The molecule has 2 fully saturated rings. The SMILES string of the molecule is CC(C)NCc1nc(CN2CCCC3CCCC32)cs1. The maximum absolute atomic E-state index is 4.80. The highest BCUT2D eigenvalue weighted by Gasteiger charge is 2.34. The summed E-state index contributed by atoms with van der Waals surface area (Å²) in [6.45, 7) is 7.62. The molecule has 2 heterocycles. The monoisotopic (exact) mass is 293 g/mol. The van der Waals surface area contributed by atoms with Gasteiger partial charge in [0, 0.05) is 30.6 Å². The van der Waals surface area contributed by atoms with Gasteiger partial charge in [-0.15, -0.1) is 11.3 Å². The smallest absolute Gasteiger partial charge is 0.107 e. The van der Waals surface area contributed by atoms with E-state index >= 15 is 0 Å². The number of aromatic nitrogens is 1. The van der Waals surface area contributed by atoms with Crippen molar-refractivity contribution in [1.29, 1.82) is 0 Å². The van der Waals surface area contributed by atoms with Gasteiger partial charge >= 0.3 is 0 Å². The molecule has 1 aromatic heterocycles. The fraction of sp³-hybridized carbons (Fsp3) is 0.812. The quantitative estimate of drug-likeness (QED) is 0.902. The van der Waals surface area contributed by atoms with Gasteiger partial charge in [-0.25, -0.2) is 4.98 Å². The van der Waals surface area contributed by atoms with Crippen LogP contribution in [0.1, 0.15) is 56.7 Å². The van der Waals surface area contributed by atoms with Crippen LogP contribution in [0.3, 0.4) is 0 Å². The standard InChI is InChI=1S/C16H27N3S/c1-12(2)17-9-16-18-14(11-20-16)10-19-8-4-6-13-5-3-7-15(13)19/h11-13,15,17H,3-10H2,1-2H3. The highest BCUT2D eigenvalue weighted by atomic mass is 32.1. The van der Waals surface area contributed by atoms with Crippen LogP contribution in [-0.4, -0.2) is 28.5 Å². The Balaban J connectivity index is 1.57. The number of likely N-dealkylation sites (tertiary alicyclic amines) is 1. The summed E-state index contributed by atoms with van der Waals surface area (Å²) in [7, 11) is 0. The van der Waals surface area contributed by atoms with E-state index in [1.54, 1.807) is 11.3 Å². The van der Waals surface area contributed by atoms with E-state index in [0.717, 1.165) is 25.0 Å². The van der Waals surface area contributed by atoms with E-state index in [2.05, 4.69) is 29.4 Å². The van der Waals surface area contributed by atoms with Crippen molar-refractivity contribution in [3.8, 4) is 0 Å². The molecule has 1 aromatic rings. The normalized spacial score (nSPS) is 27.1. The third-order valence-electron chi connectivity index (χ3n) is 4.73. The number of thiazole rings is 1. The average Bonchev–Trinajstić information content (AvgIpc) is 3.05. The first-order valence-corrected chi connectivity index (χ1v) is 9.01. The van der Waals surface area contributed by atoms with Gasteiger partial charge in [0.15, 0.2) is 0 Å². The summed E-state index contributed by atoms with van der Waals surface area (Å²) >= 11 is 1.81. The number of nitrogens with zero attached hydrogens (tertiary/aromatic N) is 2. The Labute approximate surface area is 126 Å². The van der Waals surface area contributed by atoms with E-state index in [4.69, 9.17) is 4.98 Å². The lowest BCUT2D eigenvalue weighted by molar-refractivity contribution is 0.104. The summed E-state index contributed by atoms with van der Waals surface area (Å²) in [5.41, 5.74) is 1.28. The number of nitrogens with one attached hydrogen (secondary N) is 1. The number of rotatable bonds is 5. The van der Waals surface area contributed by atoms with Gasteiger partial charge in [-0.2, -0.15) is 0 Å². The summed E-state index contributed by atoms with van der Waals surface area (Å²) in [5.74, 6) is 0.976. The van der Waals surface area contributed by atoms with Crippen LogP contribution in [0.15, 0.2) is 5.38 Å². The van der Waals surface area contributed by atoms with Gasteiger partial charge in [0.2, 0.25) is 0 Å². The second kappa shape index (κ2) is 6.54. The van der Waals surface area contributed by atoms with Crippen molar-refractivity contribution in [1.82, 2.24) is 15.2 Å². The third kappa shape index (κ3) is 3.41. The molecule has 20 heavy (non-hydrogen) atoms. The fourth-order valence-electron chi connectivity index (χ4n) is 3.76. The Bertz CT molecular complexity index is 429. The second-order valence-corrected chi connectivity index (χ2v) is 7.58. The third-order valence-corrected chi connectivity index (χ3v) is 5.63. The van der Waals surface area contributed by atoms with Crippen molar-refractivity contribution in [2.24, 2.45) is 5.92 Å². The van der Waals surface area contributed by atoms with Crippen molar-refractivity contribution in [2.75, 3.05) is 6.54 Å². The largest absolute Gasteiger partial charge is 0.308 e. The molecule has 3 nitrogen and oxygen atoms in total. The molecule has 4 heteroatoms. The van der Waals surface area contributed by atoms with E-state index in [1.165, 1.54) is 49.4 Å². The average molecular weight is 293 g/mol. The van der Waals surface area contributed by atoms with Gasteiger partial charge in [0.05, 0.1) is 5.69 Å². The van der Waals surface area contributed by atoms with E-state index in [1.807, 2.05) is 0 Å². The van der Waals surface area contributed by atoms with Crippen molar-refractivity contribution >= 4 is 11.3 Å². The lowest BCUT2D eigenvalue weighted by Crippen LogP contribution is -2.41. The van der Waals surface area contributed by atoms with Crippen molar-refractivity contribution < 1.29 is 0 Å². The van der Waals surface area contributed by atoms with E-state index in [-0.39, 0.29) is 0 Å². The molecule has 0 radical (unpaired) electrons. The summed E-state index contributed by atoms with van der Waals surface area (Å²) in [5, 5.41) is 6.94. The van der Waals surface area contributed by atoms with Crippen molar-refractivity contribution in [3.63, 3.8) is 0 Å². The zero-order valence-electron chi connectivity index (χ0n) is 12.8. The van der Waals surface area contributed by atoms with Gasteiger partial charge in [-0.1, -0.05) is 20.3 Å². The fourth-order valence-corrected chi connectivity index (χ4v) is 4.49. The maximum Gasteiger partial charge on any atom is 0.107 e. The van der Waals surface area contributed by atoms with Crippen LogP contribution in [0, 0.1) is 5.92 Å². The van der Waals surface area contributed by atoms with Gasteiger partial charge in [-0.05, 0) is 38.1 Å². The molecule has 0 aromatic carbocycles. The molecular formula is C16H27N3S.